The van der Waals surface area contributed by atoms with E-state index in [2.05, 4.69) is 25.6 Å². The van der Waals surface area contributed by atoms with Gasteiger partial charge in [0.1, 0.15) is 16.7 Å². The molecule has 0 bridgehead atoms. The zero-order valence-electron chi connectivity index (χ0n) is 21.4. The Morgan fingerprint density at radius 2 is 1.79 bits per heavy atom. The van der Waals surface area contributed by atoms with Gasteiger partial charge in [-0.1, -0.05) is 32.0 Å². The minimum Gasteiger partial charge on any atom is -0.490 e. The van der Waals surface area contributed by atoms with Crippen LogP contribution in [0.2, 0.25) is 0 Å². The molecule has 6 rings (SSSR count). The van der Waals surface area contributed by atoms with Gasteiger partial charge < -0.3 is 15.4 Å². The first-order valence-electron chi connectivity index (χ1n) is 12.8. The number of rotatable bonds is 6. The predicted octanol–water partition coefficient (Wildman–Crippen LogP) is 4.39. The van der Waals surface area contributed by atoms with Gasteiger partial charge in [0.15, 0.2) is 5.82 Å². The van der Waals surface area contributed by atoms with Gasteiger partial charge in [-0.2, -0.15) is 4.98 Å². The highest BCUT2D eigenvalue weighted by Crippen LogP contribution is 2.42. The molecule has 2 aromatic carbocycles. The molecule has 1 saturated heterocycles. The Hall–Kier alpha value is -3.76. The van der Waals surface area contributed by atoms with Crippen LogP contribution in [0.15, 0.2) is 71.9 Å². The summed E-state index contributed by atoms with van der Waals surface area (Å²) >= 11 is 0. The van der Waals surface area contributed by atoms with E-state index in [0.29, 0.717) is 17.3 Å². The van der Waals surface area contributed by atoms with E-state index in [-0.39, 0.29) is 17.5 Å². The summed E-state index contributed by atoms with van der Waals surface area (Å²) in [6.07, 6.45) is 5.54. The zero-order chi connectivity index (χ0) is 26.3. The summed E-state index contributed by atoms with van der Waals surface area (Å²) in [6.45, 7) is 6.20. The van der Waals surface area contributed by atoms with Gasteiger partial charge >= 0.3 is 0 Å². The number of hydrogen-bond donors (Lipinski definition) is 2. The first-order valence-corrected chi connectivity index (χ1v) is 14.2. The molecule has 10 heteroatoms. The summed E-state index contributed by atoms with van der Waals surface area (Å²) in [5.74, 6) is 1.52. The van der Waals surface area contributed by atoms with Gasteiger partial charge in [0, 0.05) is 41.0 Å². The van der Waals surface area contributed by atoms with Crippen LogP contribution in [-0.4, -0.2) is 49.1 Å². The van der Waals surface area contributed by atoms with Crippen LogP contribution in [-0.2, 0) is 15.4 Å². The Morgan fingerprint density at radius 3 is 2.58 bits per heavy atom. The normalized spacial score (nSPS) is 17.4. The third-order valence-electron chi connectivity index (χ3n) is 7.14. The number of para-hydroxylation sites is 1. The fraction of sp³-hybridized carbons (Fsp3) is 0.321. The van der Waals surface area contributed by atoms with Crippen LogP contribution in [0.5, 0.6) is 5.75 Å². The Bertz CT molecular complexity index is 1580. The number of sulfonamides is 1. The fourth-order valence-corrected chi connectivity index (χ4v) is 6.84. The highest BCUT2D eigenvalue weighted by atomic mass is 32.2. The molecule has 1 fully saturated rings. The van der Waals surface area contributed by atoms with Crippen molar-refractivity contribution in [3.8, 4) is 5.75 Å². The maximum atomic E-state index is 14.0. The number of piperidine rings is 1. The fourth-order valence-electron chi connectivity index (χ4n) is 5.07. The molecule has 0 atom stereocenters. The van der Waals surface area contributed by atoms with E-state index >= 15 is 0 Å². The van der Waals surface area contributed by atoms with Gasteiger partial charge in [-0.15, -0.1) is 0 Å². The van der Waals surface area contributed by atoms with Gasteiger partial charge in [0.2, 0.25) is 5.95 Å². The smallest absolute Gasteiger partial charge is 0.267 e. The summed E-state index contributed by atoms with van der Waals surface area (Å²) in [4.78, 5) is 13.7. The molecule has 4 aromatic rings. The Labute approximate surface area is 222 Å². The molecule has 2 aliphatic rings. The van der Waals surface area contributed by atoms with Crippen LogP contribution in [0, 0.1) is 0 Å². The van der Waals surface area contributed by atoms with Crippen LogP contribution < -0.4 is 19.7 Å². The molecule has 2 aromatic heterocycles. The van der Waals surface area contributed by atoms with E-state index in [9.17, 15) is 8.42 Å². The van der Waals surface area contributed by atoms with Gasteiger partial charge in [-0.25, -0.2) is 17.7 Å². The monoisotopic (exact) mass is 530 g/mol. The van der Waals surface area contributed by atoms with E-state index in [1.165, 1.54) is 4.31 Å². The number of aromatic nitrogens is 3. The number of nitrogens with one attached hydrogen (secondary N) is 2. The van der Waals surface area contributed by atoms with Gasteiger partial charge in [-0.05, 0) is 62.3 Å². The first-order chi connectivity index (χ1) is 18.3. The molecule has 0 amide bonds. The summed E-state index contributed by atoms with van der Waals surface area (Å²) in [6, 6.07) is 16.5. The highest BCUT2D eigenvalue weighted by Gasteiger charge is 2.43. The molecule has 0 radical (unpaired) electrons. The molecule has 0 spiro atoms. The van der Waals surface area contributed by atoms with Gasteiger partial charge in [-0.3, -0.25) is 4.98 Å². The summed E-state index contributed by atoms with van der Waals surface area (Å²) < 4.78 is 35.4. The SMILES string of the molecule is CC1(C)CN(S(=O)(=O)c2cccc3cccnc23)c2nc(Nc3ccc(OC4CCNCC4)cc3)ncc21. The van der Waals surface area contributed by atoms with Crippen molar-refractivity contribution < 1.29 is 13.2 Å². The number of benzene rings is 2. The summed E-state index contributed by atoms with van der Waals surface area (Å²) in [7, 11) is -3.93. The molecule has 0 saturated carbocycles. The molecule has 196 valence electrons. The van der Waals surface area contributed by atoms with Crippen LogP contribution in [0.4, 0.5) is 17.5 Å². The van der Waals surface area contributed by atoms with Crippen LogP contribution >= 0.6 is 0 Å². The van der Waals surface area contributed by atoms with Crippen molar-refractivity contribution in [2.75, 3.05) is 29.3 Å². The Balaban J connectivity index is 1.28. The molecule has 0 unspecified atom stereocenters. The lowest BCUT2D eigenvalue weighted by molar-refractivity contribution is 0.162. The quantitative estimate of drug-likeness (QED) is 0.378. The van der Waals surface area contributed by atoms with Crippen molar-refractivity contribution in [3.05, 3.63) is 72.6 Å². The second kappa shape index (κ2) is 9.52. The topological polar surface area (TPSA) is 109 Å². The average molecular weight is 531 g/mol. The van der Waals surface area contributed by atoms with Crippen molar-refractivity contribution in [2.24, 2.45) is 0 Å². The van der Waals surface area contributed by atoms with E-state index in [4.69, 9.17) is 4.74 Å². The minimum atomic E-state index is -3.93. The average Bonchev–Trinajstić information content (AvgIpc) is 3.20. The maximum Gasteiger partial charge on any atom is 0.267 e. The van der Waals surface area contributed by atoms with Crippen LogP contribution in [0.25, 0.3) is 10.9 Å². The number of nitrogens with zero attached hydrogens (tertiary/aromatic N) is 4. The standard InChI is InChI=1S/C28H30N6O3S/c1-28(2)18-34(38(35,36)24-7-3-5-19-6-4-14-30-25(19)24)26-23(28)17-31-27(33-26)32-20-8-10-21(11-9-20)37-22-12-15-29-16-13-22/h3-11,14,17,22,29H,12-13,15-16,18H2,1-2H3,(H,31,32,33). The number of pyridine rings is 1. The van der Waals surface area contributed by atoms with Crippen LogP contribution in [0.1, 0.15) is 32.3 Å². The molecule has 38 heavy (non-hydrogen) atoms. The lowest BCUT2D eigenvalue weighted by atomic mass is 9.89. The predicted molar refractivity (Wildman–Crippen MR) is 148 cm³/mol. The second-order valence-electron chi connectivity index (χ2n) is 10.4. The van der Waals surface area contributed by atoms with Gasteiger partial charge in [0.05, 0.1) is 5.52 Å². The molecular weight excluding hydrogens is 500 g/mol. The maximum absolute atomic E-state index is 14.0. The summed E-state index contributed by atoms with van der Waals surface area (Å²) in [5, 5.41) is 7.32. The lowest BCUT2D eigenvalue weighted by Crippen LogP contribution is -2.34. The third kappa shape index (κ3) is 4.54. The second-order valence-corrected chi connectivity index (χ2v) is 12.2. The number of ether oxygens (including phenoxy) is 1. The molecule has 2 aliphatic heterocycles. The van der Waals surface area contributed by atoms with Crippen molar-refractivity contribution in [2.45, 2.75) is 43.1 Å². The van der Waals surface area contributed by atoms with Crippen molar-refractivity contribution in [1.82, 2.24) is 20.3 Å². The van der Waals surface area contributed by atoms with Gasteiger partial charge in [0.25, 0.3) is 10.0 Å². The molecule has 9 nitrogen and oxygen atoms in total. The largest absolute Gasteiger partial charge is 0.490 e. The zero-order valence-corrected chi connectivity index (χ0v) is 22.2. The van der Waals surface area contributed by atoms with Crippen molar-refractivity contribution in [3.63, 3.8) is 0 Å². The van der Waals surface area contributed by atoms with Crippen LogP contribution in [0.3, 0.4) is 0 Å². The number of anilines is 3. The lowest BCUT2D eigenvalue weighted by Gasteiger charge is -2.23. The minimum absolute atomic E-state index is 0.164. The number of fused-ring (bicyclic) bond motifs is 2. The Kier molecular flexibility index (Phi) is 6.16. The Morgan fingerprint density at radius 1 is 1.03 bits per heavy atom. The third-order valence-corrected chi connectivity index (χ3v) is 8.90. The molecule has 2 N–H and O–H groups in total. The van der Waals surface area contributed by atoms with E-state index in [1.807, 2.05) is 50.2 Å². The molecule has 4 heterocycles. The highest BCUT2D eigenvalue weighted by molar-refractivity contribution is 7.93. The first kappa shape index (κ1) is 24.6. The summed E-state index contributed by atoms with van der Waals surface area (Å²) in [5.41, 5.74) is 1.56. The van der Waals surface area contributed by atoms with E-state index in [1.54, 1.807) is 30.6 Å². The molecular formula is C28H30N6O3S. The molecule has 0 aliphatic carbocycles. The van der Waals surface area contributed by atoms with Crippen molar-refractivity contribution in [1.29, 1.82) is 0 Å². The van der Waals surface area contributed by atoms with E-state index in [0.717, 1.165) is 48.3 Å². The van der Waals surface area contributed by atoms with Crippen molar-refractivity contribution >= 4 is 38.4 Å². The number of hydrogen-bond acceptors (Lipinski definition) is 8. The van der Waals surface area contributed by atoms with E-state index < -0.39 is 15.4 Å².